The minimum atomic E-state index is -0.458. The second-order valence-corrected chi connectivity index (χ2v) is 10.3. The molecule has 158 valence electrons. The van der Waals surface area contributed by atoms with Gasteiger partial charge in [0.05, 0.1) is 4.88 Å². The zero-order chi connectivity index (χ0) is 20.9. The molecule has 1 atom stereocenters. The van der Waals surface area contributed by atoms with Crippen LogP contribution in [0.2, 0.25) is 0 Å². The van der Waals surface area contributed by atoms with Crippen LogP contribution in [0.3, 0.4) is 0 Å². The van der Waals surface area contributed by atoms with Crippen molar-refractivity contribution in [1.29, 1.82) is 0 Å². The lowest BCUT2D eigenvalue weighted by atomic mass is 9.86. The van der Waals surface area contributed by atoms with Gasteiger partial charge in [-0.15, -0.1) is 11.3 Å². The first kappa shape index (κ1) is 22.7. The summed E-state index contributed by atoms with van der Waals surface area (Å²) in [6, 6.07) is 4.11. The van der Waals surface area contributed by atoms with Gasteiger partial charge in [-0.05, 0) is 70.4 Å². The van der Waals surface area contributed by atoms with Crippen molar-refractivity contribution in [2.45, 2.75) is 78.9 Å². The van der Waals surface area contributed by atoms with Crippen LogP contribution in [0.5, 0.6) is 0 Å². The summed E-state index contributed by atoms with van der Waals surface area (Å²) in [6.45, 7) is 13.6. The second-order valence-electron chi connectivity index (χ2n) is 9.09. The molecule has 1 aromatic rings. The SMILES string of the molecule is CCc1ccc(C(=O)NC(CC2CCN(C(=O)OC(C)(C)C)CC2)C(C)C)s1. The van der Waals surface area contributed by atoms with Crippen LogP contribution in [-0.2, 0) is 11.2 Å². The molecule has 2 amide bonds. The summed E-state index contributed by atoms with van der Waals surface area (Å²) < 4.78 is 5.48. The molecule has 28 heavy (non-hydrogen) atoms. The number of hydrogen-bond acceptors (Lipinski definition) is 4. The molecule has 1 aliphatic rings. The van der Waals surface area contributed by atoms with Gasteiger partial charge >= 0.3 is 6.09 Å². The van der Waals surface area contributed by atoms with Gasteiger partial charge in [0.15, 0.2) is 0 Å². The Balaban J connectivity index is 1.86. The van der Waals surface area contributed by atoms with Crippen molar-refractivity contribution < 1.29 is 14.3 Å². The minimum Gasteiger partial charge on any atom is -0.444 e. The van der Waals surface area contributed by atoms with Crippen molar-refractivity contribution >= 4 is 23.3 Å². The number of ether oxygens (including phenoxy) is 1. The molecule has 2 heterocycles. The molecule has 1 unspecified atom stereocenters. The summed E-state index contributed by atoms with van der Waals surface area (Å²) in [5, 5.41) is 3.25. The predicted molar refractivity (Wildman–Crippen MR) is 115 cm³/mol. The standard InChI is InChI=1S/C22H36N2O3S/c1-7-17-8-9-19(28-17)20(25)23-18(15(2)3)14-16-10-12-24(13-11-16)21(26)27-22(4,5)6/h8-9,15-16,18H,7,10-14H2,1-6H3,(H,23,25). The third-order valence-corrected chi connectivity index (χ3v) is 6.44. The largest absolute Gasteiger partial charge is 0.444 e. The number of thiophene rings is 1. The fourth-order valence-electron chi connectivity index (χ4n) is 3.46. The molecule has 1 aromatic heterocycles. The molecule has 6 heteroatoms. The molecule has 0 saturated carbocycles. The summed E-state index contributed by atoms with van der Waals surface area (Å²) >= 11 is 1.58. The lowest BCUT2D eigenvalue weighted by molar-refractivity contribution is 0.0176. The van der Waals surface area contributed by atoms with Gasteiger partial charge in [-0.1, -0.05) is 20.8 Å². The summed E-state index contributed by atoms with van der Waals surface area (Å²) in [7, 11) is 0. The van der Waals surface area contributed by atoms with Crippen LogP contribution < -0.4 is 5.32 Å². The molecular formula is C22H36N2O3S. The molecule has 1 aliphatic heterocycles. The number of amides is 2. The molecule has 0 aliphatic carbocycles. The maximum Gasteiger partial charge on any atom is 0.410 e. The molecule has 1 saturated heterocycles. The van der Waals surface area contributed by atoms with E-state index in [0.29, 0.717) is 11.8 Å². The monoisotopic (exact) mass is 408 g/mol. The number of piperidine rings is 1. The minimum absolute atomic E-state index is 0.0367. The topological polar surface area (TPSA) is 58.6 Å². The Morgan fingerprint density at radius 3 is 2.39 bits per heavy atom. The number of nitrogens with zero attached hydrogens (tertiary/aromatic N) is 1. The van der Waals surface area contributed by atoms with E-state index in [9.17, 15) is 9.59 Å². The van der Waals surface area contributed by atoms with Crippen LogP contribution in [0.25, 0.3) is 0 Å². The molecular weight excluding hydrogens is 372 g/mol. The Hall–Kier alpha value is -1.56. The van der Waals surface area contributed by atoms with Crippen LogP contribution >= 0.6 is 11.3 Å². The van der Waals surface area contributed by atoms with E-state index in [1.165, 1.54) is 4.88 Å². The Kier molecular flexibility index (Phi) is 7.93. The highest BCUT2D eigenvalue weighted by Crippen LogP contribution is 2.26. The highest BCUT2D eigenvalue weighted by atomic mass is 32.1. The van der Waals surface area contributed by atoms with E-state index in [1.54, 1.807) is 11.3 Å². The Labute approximate surface area is 173 Å². The van der Waals surface area contributed by atoms with E-state index >= 15 is 0 Å². The number of rotatable bonds is 6. The van der Waals surface area contributed by atoms with Gasteiger partial charge in [-0.25, -0.2) is 4.79 Å². The van der Waals surface area contributed by atoms with Crippen molar-refractivity contribution in [2.24, 2.45) is 11.8 Å². The number of aryl methyl sites for hydroxylation is 1. The van der Waals surface area contributed by atoms with Gasteiger partial charge in [0.1, 0.15) is 5.60 Å². The Bertz CT molecular complexity index is 655. The van der Waals surface area contributed by atoms with Gasteiger partial charge in [-0.3, -0.25) is 4.79 Å². The first-order chi connectivity index (χ1) is 13.1. The number of carbonyl (C=O) groups is 2. The van der Waals surface area contributed by atoms with Gasteiger partial charge < -0.3 is 15.0 Å². The molecule has 5 nitrogen and oxygen atoms in total. The fourth-order valence-corrected chi connectivity index (χ4v) is 4.31. The zero-order valence-electron chi connectivity index (χ0n) is 18.2. The van der Waals surface area contributed by atoms with E-state index in [1.807, 2.05) is 37.8 Å². The number of carbonyl (C=O) groups excluding carboxylic acids is 2. The molecule has 0 aromatic carbocycles. The van der Waals surface area contributed by atoms with E-state index in [2.05, 4.69) is 26.1 Å². The van der Waals surface area contributed by atoms with Crippen molar-refractivity contribution in [1.82, 2.24) is 10.2 Å². The molecule has 1 fully saturated rings. The van der Waals surface area contributed by atoms with Crippen molar-refractivity contribution in [3.8, 4) is 0 Å². The van der Waals surface area contributed by atoms with E-state index in [0.717, 1.165) is 43.6 Å². The predicted octanol–water partition coefficient (Wildman–Crippen LogP) is 5.10. The molecule has 0 radical (unpaired) electrons. The number of nitrogens with one attached hydrogen (secondary N) is 1. The summed E-state index contributed by atoms with van der Waals surface area (Å²) in [5.41, 5.74) is -0.458. The van der Waals surface area contributed by atoms with Gasteiger partial charge in [0.2, 0.25) is 0 Å². The van der Waals surface area contributed by atoms with Gasteiger partial charge in [0, 0.05) is 24.0 Å². The van der Waals surface area contributed by atoms with E-state index < -0.39 is 5.60 Å². The van der Waals surface area contributed by atoms with Gasteiger partial charge in [0.25, 0.3) is 5.91 Å². The number of likely N-dealkylation sites (tertiary alicyclic amines) is 1. The molecule has 0 bridgehead atoms. The summed E-state index contributed by atoms with van der Waals surface area (Å²) in [4.78, 5) is 28.7. The zero-order valence-corrected chi connectivity index (χ0v) is 19.0. The van der Waals surface area contributed by atoms with Gasteiger partial charge in [-0.2, -0.15) is 0 Å². The van der Waals surface area contributed by atoms with Crippen LogP contribution in [0.15, 0.2) is 12.1 Å². The molecule has 0 spiro atoms. The first-order valence-corrected chi connectivity index (χ1v) is 11.3. The van der Waals surface area contributed by atoms with Crippen molar-refractivity contribution in [3.05, 3.63) is 21.9 Å². The molecule has 2 rings (SSSR count). The second kappa shape index (κ2) is 9.77. The molecule has 1 N–H and O–H groups in total. The highest BCUT2D eigenvalue weighted by Gasteiger charge is 2.29. The quantitative estimate of drug-likeness (QED) is 0.712. The first-order valence-electron chi connectivity index (χ1n) is 10.5. The Morgan fingerprint density at radius 1 is 1.25 bits per heavy atom. The lowest BCUT2D eigenvalue weighted by Gasteiger charge is -2.35. The smallest absolute Gasteiger partial charge is 0.410 e. The van der Waals surface area contributed by atoms with Crippen molar-refractivity contribution in [2.75, 3.05) is 13.1 Å². The lowest BCUT2D eigenvalue weighted by Crippen LogP contribution is -2.44. The van der Waals surface area contributed by atoms with E-state index in [4.69, 9.17) is 4.74 Å². The van der Waals surface area contributed by atoms with E-state index in [-0.39, 0.29) is 18.0 Å². The maximum absolute atomic E-state index is 12.6. The summed E-state index contributed by atoms with van der Waals surface area (Å²) in [6.07, 6.45) is 3.61. The fraction of sp³-hybridized carbons (Fsp3) is 0.727. The van der Waals surface area contributed by atoms with Crippen LogP contribution in [-0.4, -0.2) is 41.6 Å². The normalized spacial score (nSPS) is 16.9. The maximum atomic E-state index is 12.6. The summed E-state index contributed by atoms with van der Waals surface area (Å²) in [5.74, 6) is 0.925. The van der Waals surface area contributed by atoms with Crippen LogP contribution in [0.1, 0.15) is 75.4 Å². The third-order valence-electron chi connectivity index (χ3n) is 5.21. The highest BCUT2D eigenvalue weighted by molar-refractivity contribution is 7.14. The number of hydrogen-bond donors (Lipinski definition) is 1. The van der Waals surface area contributed by atoms with Crippen LogP contribution in [0, 0.1) is 11.8 Å². The van der Waals surface area contributed by atoms with Crippen LogP contribution in [0.4, 0.5) is 4.79 Å². The average molecular weight is 409 g/mol. The Morgan fingerprint density at radius 2 is 1.89 bits per heavy atom. The third kappa shape index (κ3) is 6.80. The van der Waals surface area contributed by atoms with Crippen molar-refractivity contribution in [3.63, 3.8) is 0 Å². The average Bonchev–Trinajstić information content (AvgIpc) is 3.09.